The summed E-state index contributed by atoms with van der Waals surface area (Å²) in [5.41, 5.74) is -0.120. The van der Waals surface area contributed by atoms with Gasteiger partial charge in [0.2, 0.25) is 0 Å². The summed E-state index contributed by atoms with van der Waals surface area (Å²) in [5.74, 6) is 0. The summed E-state index contributed by atoms with van der Waals surface area (Å²) in [6, 6.07) is 9.86. The number of hydrogen-bond acceptors (Lipinski definition) is 3. The first-order valence-electron chi connectivity index (χ1n) is 8.36. The lowest BCUT2D eigenvalue weighted by Crippen LogP contribution is -2.17. The Morgan fingerprint density at radius 2 is 1.75 bits per heavy atom. The highest BCUT2D eigenvalue weighted by Crippen LogP contribution is 2.32. The maximum Gasteiger partial charge on any atom is 0.433 e. The first kappa shape index (κ1) is 20.9. The largest absolute Gasteiger partial charge is 0.433 e. The SMILES string of the molecule is CC(C)(C)c1cccc(S(=O)(=O)n2c(CBr)cc3nc(C(F)(F)F)ccc32)c1. The molecule has 9 heteroatoms. The van der Waals surface area contributed by atoms with Gasteiger partial charge in [-0.25, -0.2) is 17.4 Å². The van der Waals surface area contributed by atoms with Gasteiger partial charge >= 0.3 is 6.18 Å². The molecule has 3 rings (SSSR count). The minimum absolute atomic E-state index is 0.0279. The molecule has 0 N–H and O–H groups in total. The second-order valence-electron chi connectivity index (χ2n) is 7.42. The van der Waals surface area contributed by atoms with Crippen molar-refractivity contribution in [3.05, 3.63) is 59.4 Å². The van der Waals surface area contributed by atoms with E-state index in [1.807, 2.05) is 26.8 Å². The summed E-state index contributed by atoms with van der Waals surface area (Å²) in [6.07, 6.45) is -4.61. The Kier molecular flexibility index (Phi) is 5.12. The van der Waals surface area contributed by atoms with Gasteiger partial charge in [0, 0.05) is 11.0 Å². The highest BCUT2D eigenvalue weighted by atomic mass is 79.9. The molecule has 0 atom stereocenters. The Balaban J connectivity index is 2.25. The minimum atomic E-state index is -4.61. The van der Waals surface area contributed by atoms with E-state index >= 15 is 0 Å². The average molecular weight is 475 g/mol. The Morgan fingerprint density at radius 3 is 2.32 bits per heavy atom. The van der Waals surface area contributed by atoms with Gasteiger partial charge in [-0.15, -0.1) is 0 Å². The molecule has 0 radical (unpaired) electrons. The third-order valence-corrected chi connectivity index (χ3v) is 6.69. The molecule has 0 aliphatic carbocycles. The summed E-state index contributed by atoms with van der Waals surface area (Å²) in [5, 5.41) is 0.142. The molecular weight excluding hydrogens is 457 g/mol. The Labute approximate surface area is 169 Å². The first-order chi connectivity index (χ1) is 12.9. The van der Waals surface area contributed by atoms with Crippen molar-refractivity contribution < 1.29 is 21.6 Å². The molecule has 4 nitrogen and oxygen atoms in total. The monoisotopic (exact) mass is 474 g/mol. The maximum atomic E-state index is 13.3. The number of aromatic nitrogens is 2. The van der Waals surface area contributed by atoms with Crippen LogP contribution >= 0.6 is 15.9 Å². The van der Waals surface area contributed by atoms with Crippen molar-refractivity contribution in [2.45, 2.75) is 42.6 Å². The van der Waals surface area contributed by atoms with E-state index in [1.165, 1.54) is 12.1 Å². The molecule has 0 aliphatic heterocycles. The minimum Gasteiger partial charge on any atom is -0.242 e. The smallest absolute Gasteiger partial charge is 0.242 e. The van der Waals surface area contributed by atoms with E-state index in [9.17, 15) is 21.6 Å². The molecule has 2 aromatic heterocycles. The molecule has 0 spiro atoms. The Bertz CT molecular complexity index is 1150. The Hall–Kier alpha value is -1.87. The van der Waals surface area contributed by atoms with Gasteiger partial charge in [0.25, 0.3) is 10.0 Å². The standard InChI is InChI=1S/C19H18BrF3N2O2S/c1-18(2,3)12-5-4-6-14(9-12)28(26,27)25-13(11-20)10-15-16(25)7-8-17(24-15)19(21,22)23/h4-10H,11H2,1-3H3. The van der Waals surface area contributed by atoms with Crippen LogP contribution in [-0.4, -0.2) is 17.4 Å². The second kappa shape index (κ2) is 6.88. The number of rotatable bonds is 3. The van der Waals surface area contributed by atoms with Crippen LogP contribution in [-0.2, 0) is 26.9 Å². The Morgan fingerprint density at radius 1 is 1.07 bits per heavy atom. The number of nitrogens with zero attached hydrogens (tertiary/aromatic N) is 2. The van der Waals surface area contributed by atoms with Gasteiger partial charge in [-0.05, 0) is 41.3 Å². The molecule has 3 aromatic rings. The van der Waals surface area contributed by atoms with Crippen LogP contribution in [0.1, 0.15) is 37.7 Å². The number of fused-ring (bicyclic) bond motifs is 1. The number of halogens is 4. The molecule has 0 amide bonds. The lowest BCUT2D eigenvalue weighted by atomic mass is 9.87. The van der Waals surface area contributed by atoms with Crippen LogP contribution in [0.25, 0.3) is 11.0 Å². The van der Waals surface area contributed by atoms with Crippen LogP contribution in [0.2, 0.25) is 0 Å². The predicted molar refractivity (Wildman–Crippen MR) is 105 cm³/mol. The summed E-state index contributed by atoms with van der Waals surface area (Å²) in [6.45, 7) is 5.91. The van der Waals surface area contributed by atoms with Crippen LogP contribution in [0.5, 0.6) is 0 Å². The summed E-state index contributed by atoms with van der Waals surface area (Å²) >= 11 is 3.22. The summed E-state index contributed by atoms with van der Waals surface area (Å²) in [7, 11) is -4.03. The van der Waals surface area contributed by atoms with E-state index in [1.54, 1.807) is 12.1 Å². The third kappa shape index (κ3) is 3.69. The average Bonchev–Trinajstić information content (AvgIpc) is 2.99. The van der Waals surface area contributed by atoms with Crippen LogP contribution in [0, 0.1) is 0 Å². The lowest BCUT2D eigenvalue weighted by molar-refractivity contribution is -0.140. The van der Waals surface area contributed by atoms with Gasteiger partial charge in [-0.2, -0.15) is 13.2 Å². The maximum absolute atomic E-state index is 13.3. The summed E-state index contributed by atoms with van der Waals surface area (Å²) < 4.78 is 66.6. The molecule has 0 unspecified atom stereocenters. The van der Waals surface area contributed by atoms with Crippen LogP contribution in [0.4, 0.5) is 13.2 Å². The molecule has 0 aliphatic rings. The second-order valence-corrected chi connectivity index (χ2v) is 9.76. The fourth-order valence-corrected chi connectivity index (χ4v) is 5.03. The highest BCUT2D eigenvalue weighted by molar-refractivity contribution is 9.08. The zero-order valence-electron chi connectivity index (χ0n) is 15.4. The normalized spacial score (nSPS) is 13.2. The predicted octanol–water partition coefficient (Wildman–Crippen LogP) is 5.48. The van der Waals surface area contributed by atoms with Crippen molar-refractivity contribution in [3.8, 4) is 0 Å². The molecule has 150 valence electrons. The van der Waals surface area contributed by atoms with Gasteiger partial charge in [-0.1, -0.05) is 48.8 Å². The number of pyridine rings is 1. The topological polar surface area (TPSA) is 52.0 Å². The lowest BCUT2D eigenvalue weighted by Gasteiger charge is -2.20. The third-order valence-electron chi connectivity index (χ3n) is 4.35. The molecule has 0 saturated heterocycles. The van der Waals surface area contributed by atoms with Crippen molar-refractivity contribution in [2.24, 2.45) is 0 Å². The highest BCUT2D eigenvalue weighted by Gasteiger charge is 2.33. The molecule has 28 heavy (non-hydrogen) atoms. The zero-order valence-corrected chi connectivity index (χ0v) is 17.8. The fourth-order valence-electron chi connectivity index (χ4n) is 2.88. The fraction of sp³-hybridized carbons (Fsp3) is 0.316. The quantitative estimate of drug-likeness (QED) is 0.472. The van der Waals surface area contributed by atoms with Crippen molar-refractivity contribution >= 4 is 37.0 Å². The van der Waals surface area contributed by atoms with Gasteiger partial charge < -0.3 is 0 Å². The molecular formula is C19H18BrF3N2O2S. The molecule has 0 fully saturated rings. The van der Waals surface area contributed by atoms with E-state index in [0.717, 1.165) is 21.7 Å². The number of hydrogen-bond donors (Lipinski definition) is 0. The van der Waals surface area contributed by atoms with E-state index in [4.69, 9.17) is 0 Å². The van der Waals surface area contributed by atoms with Gasteiger partial charge in [0.15, 0.2) is 0 Å². The van der Waals surface area contributed by atoms with Crippen LogP contribution in [0.15, 0.2) is 47.4 Å². The molecule has 0 saturated carbocycles. The number of benzene rings is 1. The van der Waals surface area contributed by atoms with Gasteiger partial charge in [0.05, 0.1) is 15.9 Å². The van der Waals surface area contributed by atoms with E-state index in [2.05, 4.69) is 20.9 Å². The van der Waals surface area contributed by atoms with Gasteiger partial charge in [0.1, 0.15) is 5.69 Å². The number of alkyl halides is 4. The van der Waals surface area contributed by atoms with Crippen LogP contribution < -0.4 is 0 Å². The molecule has 1 aromatic carbocycles. The van der Waals surface area contributed by atoms with Crippen molar-refractivity contribution in [1.29, 1.82) is 0 Å². The zero-order chi connectivity index (χ0) is 20.9. The van der Waals surface area contributed by atoms with Crippen molar-refractivity contribution in [1.82, 2.24) is 8.96 Å². The van der Waals surface area contributed by atoms with Crippen molar-refractivity contribution in [3.63, 3.8) is 0 Å². The van der Waals surface area contributed by atoms with E-state index in [-0.39, 0.29) is 26.7 Å². The van der Waals surface area contributed by atoms with Gasteiger partial charge in [-0.3, -0.25) is 0 Å². The van der Waals surface area contributed by atoms with E-state index < -0.39 is 21.9 Å². The first-order valence-corrected chi connectivity index (χ1v) is 10.9. The molecule has 2 heterocycles. The van der Waals surface area contributed by atoms with E-state index in [0.29, 0.717) is 5.69 Å². The van der Waals surface area contributed by atoms with Crippen LogP contribution in [0.3, 0.4) is 0 Å². The molecule has 0 bridgehead atoms. The summed E-state index contributed by atoms with van der Waals surface area (Å²) in [4.78, 5) is 3.68. The van der Waals surface area contributed by atoms with Crippen molar-refractivity contribution in [2.75, 3.05) is 0 Å².